The van der Waals surface area contributed by atoms with E-state index in [2.05, 4.69) is 5.11 Å². The van der Waals surface area contributed by atoms with Gasteiger partial charge in [-0.25, -0.2) is 0 Å². The Labute approximate surface area is 136 Å². The van der Waals surface area contributed by atoms with Gasteiger partial charge in [-0.15, -0.1) is 0 Å². The molecule has 0 atom stereocenters. The summed E-state index contributed by atoms with van der Waals surface area (Å²) in [6, 6.07) is 9.37. The second-order valence-electron chi connectivity index (χ2n) is 4.97. The quantitative estimate of drug-likeness (QED) is 0.357. The number of rotatable bonds is 5. The van der Waals surface area contributed by atoms with Crippen molar-refractivity contribution in [3.8, 4) is 0 Å². The van der Waals surface area contributed by atoms with Gasteiger partial charge in [0.05, 0.1) is 9.85 Å². The molecule has 0 saturated carbocycles. The summed E-state index contributed by atoms with van der Waals surface area (Å²) in [7, 11) is 3.71. The fourth-order valence-electron chi connectivity index (χ4n) is 1.91. The van der Waals surface area contributed by atoms with Crippen LogP contribution in [0.1, 0.15) is 0 Å². The van der Waals surface area contributed by atoms with Crippen molar-refractivity contribution >= 4 is 28.4 Å². The molecule has 0 spiro atoms. The zero-order chi connectivity index (χ0) is 17.9. The fraction of sp³-hybridized carbons (Fsp3) is 0.143. The molecule has 0 heterocycles. The van der Waals surface area contributed by atoms with E-state index in [1.807, 2.05) is 19.0 Å². The topological polar surface area (TPSA) is 128 Å². The van der Waals surface area contributed by atoms with Crippen molar-refractivity contribution in [3.63, 3.8) is 0 Å². The highest BCUT2D eigenvalue weighted by Gasteiger charge is 2.26. The number of anilines is 1. The summed E-state index contributed by atoms with van der Waals surface area (Å²) in [6.07, 6.45) is 0. The molecule has 0 aliphatic carbocycles. The lowest BCUT2D eigenvalue weighted by molar-refractivity contribution is -0.454. The molecule has 0 saturated heterocycles. The third-order valence-electron chi connectivity index (χ3n) is 3.14. The number of azo groups is 1. The van der Waals surface area contributed by atoms with Crippen LogP contribution in [0, 0.1) is 25.4 Å². The van der Waals surface area contributed by atoms with Crippen LogP contribution in [0.25, 0.3) is 0 Å². The Kier molecular flexibility index (Phi) is 4.68. The first-order valence-electron chi connectivity index (χ1n) is 6.68. The fourth-order valence-corrected chi connectivity index (χ4v) is 1.91. The predicted octanol–water partition coefficient (Wildman–Crippen LogP) is 3.49. The molecule has 24 heavy (non-hydrogen) atoms. The lowest BCUT2D eigenvalue weighted by atomic mass is 10.2. The van der Waals surface area contributed by atoms with Crippen molar-refractivity contribution in [2.24, 2.45) is 5.11 Å². The van der Waals surface area contributed by atoms with Gasteiger partial charge in [0.25, 0.3) is 5.69 Å². The zero-order valence-corrected chi connectivity index (χ0v) is 12.8. The summed E-state index contributed by atoms with van der Waals surface area (Å²) in [5.41, 5.74) is -0.361. The average molecular weight is 331 g/mol. The Morgan fingerprint density at radius 3 is 2.00 bits per heavy atom. The van der Waals surface area contributed by atoms with E-state index in [1.54, 1.807) is 24.3 Å². The first-order valence-corrected chi connectivity index (χ1v) is 6.68. The smallest absolute Gasteiger partial charge is 0.350 e. The number of nitro benzene ring substituents is 2. The lowest BCUT2D eigenvalue weighted by Crippen LogP contribution is -2.07. The van der Waals surface area contributed by atoms with Gasteiger partial charge in [0, 0.05) is 37.0 Å². The highest BCUT2D eigenvalue weighted by Crippen LogP contribution is 2.32. The van der Waals surface area contributed by atoms with Gasteiger partial charge in [-0.2, -0.15) is 0 Å². The first-order chi connectivity index (χ1) is 11.3. The maximum atomic E-state index is 12.1. The predicted molar refractivity (Wildman–Crippen MR) is 85.9 cm³/mol. The first kappa shape index (κ1) is 16.8. The monoisotopic (exact) mass is 331 g/mol. The molecule has 10 heteroatoms. The van der Waals surface area contributed by atoms with Gasteiger partial charge in [0.15, 0.2) is 0 Å². The SMILES string of the molecule is CN(C)c1ccc(N=[N+]([O-])c2ccc([N+](=O)[O-])cc2[N+](=O)[O-])cc1. The van der Waals surface area contributed by atoms with Gasteiger partial charge in [0.1, 0.15) is 11.8 Å². The highest BCUT2D eigenvalue weighted by molar-refractivity contribution is 5.58. The van der Waals surface area contributed by atoms with Crippen molar-refractivity contribution in [2.45, 2.75) is 0 Å². The number of benzene rings is 2. The minimum absolute atomic E-state index is 0.0759. The van der Waals surface area contributed by atoms with Crippen LogP contribution in [-0.2, 0) is 0 Å². The minimum Gasteiger partial charge on any atom is -0.594 e. The average Bonchev–Trinajstić information content (AvgIpc) is 2.54. The van der Waals surface area contributed by atoms with E-state index >= 15 is 0 Å². The molecule has 0 aliphatic rings. The molecule has 0 fully saturated rings. The maximum Gasteiger partial charge on any atom is 0.350 e. The van der Waals surface area contributed by atoms with Crippen LogP contribution in [-0.4, -0.2) is 28.8 Å². The van der Waals surface area contributed by atoms with Gasteiger partial charge in [0.2, 0.25) is 0 Å². The van der Waals surface area contributed by atoms with Crippen molar-refractivity contribution < 1.29 is 14.7 Å². The van der Waals surface area contributed by atoms with Gasteiger partial charge >= 0.3 is 11.4 Å². The van der Waals surface area contributed by atoms with E-state index in [9.17, 15) is 25.4 Å². The summed E-state index contributed by atoms with van der Waals surface area (Å²) in [5.74, 6) is 0. The van der Waals surface area contributed by atoms with Crippen LogP contribution in [0.5, 0.6) is 0 Å². The van der Waals surface area contributed by atoms with Crippen molar-refractivity contribution in [2.75, 3.05) is 19.0 Å². The van der Waals surface area contributed by atoms with E-state index in [0.29, 0.717) is 5.69 Å². The van der Waals surface area contributed by atoms with Crippen molar-refractivity contribution in [1.82, 2.24) is 0 Å². The van der Waals surface area contributed by atoms with Gasteiger partial charge in [-0.05, 0) is 29.1 Å². The lowest BCUT2D eigenvalue weighted by Gasteiger charge is -2.11. The number of non-ortho nitro benzene ring substituents is 1. The molecule has 10 nitrogen and oxygen atoms in total. The van der Waals surface area contributed by atoms with Gasteiger partial charge in [-0.3, -0.25) is 20.2 Å². The molecule has 0 N–H and O–H groups in total. The summed E-state index contributed by atoms with van der Waals surface area (Å²) in [5, 5.41) is 37.6. The van der Waals surface area contributed by atoms with Crippen LogP contribution >= 0.6 is 0 Å². The molecule has 0 amide bonds. The molecular formula is C14H13N5O5. The number of hydrogen-bond donors (Lipinski definition) is 0. The van der Waals surface area contributed by atoms with E-state index in [0.717, 1.165) is 23.9 Å². The van der Waals surface area contributed by atoms with E-state index < -0.39 is 21.2 Å². The second-order valence-corrected chi connectivity index (χ2v) is 4.97. The highest BCUT2D eigenvalue weighted by atomic mass is 16.6. The number of hydrogen-bond acceptors (Lipinski definition) is 7. The van der Waals surface area contributed by atoms with Crippen LogP contribution in [0.2, 0.25) is 0 Å². The molecule has 0 radical (unpaired) electrons. The van der Waals surface area contributed by atoms with Gasteiger partial charge in [-0.1, -0.05) is 0 Å². The summed E-state index contributed by atoms with van der Waals surface area (Å²) in [6.45, 7) is 0. The van der Waals surface area contributed by atoms with E-state index in [1.165, 1.54) is 0 Å². The zero-order valence-electron chi connectivity index (χ0n) is 12.8. The molecule has 0 aromatic heterocycles. The number of nitrogens with zero attached hydrogens (tertiary/aromatic N) is 5. The molecule has 124 valence electrons. The Bertz CT molecular complexity index is 817. The molecule has 2 rings (SSSR count). The molecular weight excluding hydrogens is 318 g/mol. The van der Waals surface area contributed by atoms with Crippen LogP contribution < -0.4 is 4.90 Å². The molecule has 0 aliphatic heterocycles. The Morgan fingerprint density at radius 1 is 0.875 bits per heavy atom. The Balaban J connectivity index is 2.42. The van der Waals surface area contributed by atoms with E-state index in [-0.39, 0.29) is 10.5 Å². The van der Waals surface area contributed by atoms with E-state index in [4.69, 9.17) is 0 Å². The standard InChI is InChI=1S/C14H13N5O5/c1-16(2)11-5-3-10(4-6-11)15-17(20)13-8-7-12(18(21)22)9-14(13)19(23)24/h3-9H,1-2H3. The maximum absolute atomic E-state index is 12.1. The summed E-state index contributed by atoms with van der Waals surface area (Å²) in [4.78, 5) is 22.0. The van der Waals surface area contributed by atoms with Crippen LogP contribution in [0.3, 0.4) is 0 Å². The molecule has 2 aromatic carbocycles. The van der Waals surface area contributed by atoms with Crippen molar-refractivity contribution in [3.05, 3.63) is 67.9 Å². The van der Waals surface area contributed by atoms with Gasteiger partial charge < -0.3 is 10.1 Å². The van der Waals surface area contributed by atoms with Crippen LogP contribution in [0.15, 0.2) is 47.6 Å². The third-order valence-corrected chi connectivity index (χ3v) is 3.14. The summed E-state index contributed by atoms with van der Waals surface area (Å²) >= 11 is 0. The Morgan fingerprint density at radius 2 is 1.50 bits per heavy atom. The molecule has 0 bridgehead atoms. The minimum atomic E-state index is -0.863. The Hall–Kier alpha value is -3.56. The second kappa shape index (κ2) is 6.69. The van der Waals surface area contributed by atoms with Crippen molar-refractivity contribution in [1.29, 1.82) is 0 Å². The molecule has 0 unspecified atom stereocenters. The third kappa shape index (κ3) is 3.61. The number of nitro groups is 2. The summed E-state index contributed by atoms with van der Waals surface area (Å²) < 4.78 is 0. The normalized spacial score (nSPS) is 11.2. The van der Waals surface area contributed by atoms with Crippen LogP contribution in [0.4, 0.5) is 28.4 Å². The molecule has 2 aromatic rings. The largest absolute Gasteiger partial charge is 0.594 e.